The van der Waals surface area contributed by atoms with Gasteiger partial charge in [-0.15, -0.1) is 0 Å². The number of hydrogen-bond acceptors (Lipinski definition) is 3. The predicted molar refractivity (Wildman–Crippen MR) is 102 cm³/mol. The van der Waals surface area contributed by atoms with E-state index in [1.807, 2.05) is 13.8 Å². The predicted octanol–water partition coefficient (Wildman–Crippen LogP) is 3.57. The van der Waals surface area contributed by atoms with Gasteiger partial charge >= 0.3 is 0 Å². The number of pyridine rings is 1. The van der Waals surface area contributed by atoms with Gasteiger partial charge in [-0.3, -0.25) is 9.59 Å². The van der Waals surface area contributed by atoms with E-state index in [0.717, 1.165) is 18.5 Å². The molecule has 1 amide bonds. The van der Waals surface area contributed by atoms with Crippen molar-refractivity contribution >= 4 is 5.91 Å². The molecule has 1 atom stereocenters. The highest BCUT2D eigenvalue weighted by molar-refractivity contribution is 5.93. The highest BCUT2D eigenvalue weighted by atomic mass is 19.1. The normalized spacial score (nSPS) is 17.2. The van der Waals surface area contributed by atoms with Crippen molar-refractivity contribution in [3.63, 3.8) is 0 Å². The number of carbonyl (C=O) groups is 1. The third-order valence-corrected chi connectivity index (χ3v) is 4.90. The second kappa shape index (κ2) is 8.37. The topological polar surface area (TPSA) is 62.4 Å². The molecule has 1 fully saturated rings. The average molecular weight is 372 g/mol. The van der Waals surface area contributed by atoms with Gasteiger partial charge in [0.25, 0.3) is 11.5 Å². The van der Waals surface area contributed by atoms with Crippen LogP contribution in [0.5, 0.6) is 5.75 Å². The third kappa shape index (κ3) is 4.56. The molecule has 144 valence electrons. The fraction of sp³-hybridized carbons (Fsp3) is 0.429. The van der Waals surface area contributed by atoms with Gasteiger partial charge in [-0.2, -0.15) is 0 Å². The number of likely N-dealkylation sites (tertiary alicyclic amines) is 1. The summed E-state index contributed by atoms with van der Waals surface area (Å²) in [5.74, 6) is -0.130. The number of aromatic nitrogens is 1. The Labute approximate surface area is 158 Å². The minimum Gasteiger partial charge on any atom is -0.490 e. The number of aromatic amines is 1. The van der Waals surface area contributed by atoms with Crippen LogP contribution in [0.25, 0.3) is 0 Å². The molecule has 0 radical (unpaired) electrons. The summed E-state index contributed by atoms with van der Waals surface area (Å²) in [6, 6.07) is 9.70. The molecule has 0 bridgehead atoms. The number of hydrogen-bond donors (Lipinski definition) is 1. The first-order valence-corrected chi connectivity index (χ1v) is 9.35. The van der Waals surface area contributed by atoms with E-state index in [9.17, 15) is 14.0 Å². The molecule has 0 spiro atoms. The van der Waals surface area contributed by atoms with Gasteiger partial charge in [0.15, 0.2) is 11.6 Å². The Hall–Kier alpha value is -2.63. The first kappa shape index (κ1) is 19.1. The summed E-state index contributed by atoms with van der Waals surface area (Å²) in [6.07, 6.45) is 1.74. The summed E-state index contributed by atoms with van der Waals surface area (Å²) in [5, 5.41) is 0. The van der Waals surface area contributed by atoms with Crippen LogP contribution < -0.4 is 10.3 Å². The van der Waals surface area contributed by atoms with Crippen molar-refractivity contribution in [1.82, 2.24) is 9.88 Å². The Morgan fingerprint density at radius 3 is 2.78 bits per heavy atom. The van der Waals surface area contributed by atoms with Crippen molar-refractivity contribution < 1.29 is 13.9 Å². The number of ether oxygens (including phenoxy) is 1. The number of para-hydroxylation sites is 1. The van der Waals surface area contributed by atoms with E-state index in [2.05, 4.69) is 4.98 Å². The van der Waals surface area contributed by atoms with Crippen LogP contribution in [-0.2, 0) is 0 Å². The van der Waals surface area contributed by atoms with Gasteiger partial charge < -0.3 is 14.6 Å². The van der Waals surface area contributed by atoms with Gasteiger partial charge in [-0.1, -0.05) is 26.0 Å². The number of rotatable bonds is 5. The summed E-state index contributed by atoms with van der Waals surface area (Å²) in [7, 11) is 0. The van der Waals surface area contributed by atoms with E-state index in [0.29, 0.717) is 19.7 Å². The van der Waals surface area contributed by atoms with E-state index >= 15 is 0 Å². The van der Waals surface area contributed by atoms with E-state index in [1.54, 1.807) is 35.2 Å². The highest BCUT2D eigenvalue weighted by Crippen LogP contribution is 2.21. The van der Waals surface area contributed by atoms with Crippen LogP contribution in [0.3, 0.4) is 0 Å². The quantitative estimate of drug-likeness (QED) is 0.873. The van der Waals surface area contributed by atoms with Crippen LogP contribution in [0.4, 0.5) is 4.39 Å². The summed E-state index contributed by atoms with van der Waals surface area (Å²) in [5.41, 5.74) is 0.623. The molecule has 0 aliphatic carbocycles. The van der Waals surface area contributed by atoms with Gasteiger partial charge in [0.2, 0.25) is 0 Å². The van der Waals surface area contributed by atoms with Gasteiger partial charge in [0, 0.05) is 24.7 Å². The number of nitrogens with zero attached hydrogens (tertiary/aromatic N) is 1. The zero-order chi connectivity index (χ0) is 19.4. The summed E-state index contributed by atoms with van der Waals surface area (Å²) >= 11 is 0. The average Bonchev–Trinajstić information content (AvgIpc) is 2.67. The van der Waals surface area contributed by atoms with Crippen LogP contribution in [0.2, 0.25) is 0 Å². The van der Waals surface area contributed by atoms with Gasteiger partial charge in [-0.25, -0.2) is 4.39 Å². The largest absolute Gasteiger partial charge is 0.490 e. The number of piperidine rings is 1. The van der Waals surface area contributed by atoms with Crippen molar-refractivity contribution in [3.8, 4) is 5.75 Å². The minimum absolute atomic E-state index is 0.108. The molecular weight excluding hydrogens is 347 g/mol. The van der Waals surface area contributed by atoms with Gasteiger partial charge in [0.1, 0.15) is 5.56 Å². The Bertz CT molecular complexity index is 863. The maximum atomic E-state index is 13.7. The van der Waals surface area contributed by atoms with Crippen molar-refractivity contribution in [1.29, 1.82) is 0 Å². The van der Waals surface area contributed by atoms with Crippen LogP contribution in [0.15, 0.2) is 41.2 Å². The molecular formula is C21H25FN2O3. The minimum atomic E-state index is -0.391. The zero-order valence-corrected chi connectivity index (χ0v) is 15.7. The number of nitrogens with one attached hydrogen (secondary N) is 1. The Balaban J connectivity index is 1.64. The lowest BCUT2D eigenvalue weighted by atomic mass is 9.98. The molecule has 3 rings (SSSR count). The van der Waals surface area contributed by atoms with Crippen LogP contribution in [-0.4, -0.2) is 35.5 Å². The summed E-state index contributed by atoms with van der Waals surface area (Å²) in [6.45, 7) is 5.42. The first-order chi connectivity index (χ1) is 13.0. The van der Waals surface area contributed by atoms with E-state index in [1.165, 1.54) is 6.07 Å². The molecule has 2 heterocycles. The molecule has 6 heteroatoms. The highest BCUT2D eigenvalue weighted by Gasteiger charge is 2.26. The van der Waals surface area contributed by atoms with Crippen LogP contribution in [0.1, 0.15) is 48.7 Å². The second-order valence-corrected chi connectivity index (χ2v) is 7.31. The van der Waals surface area contributed by atoms with Crippen molar-refractivity contribution in [2.24, 2.45) is 5.92 Å². The Morgan fingerprint density at radius 2 is 2.07 bits per heavy atom. The number of amides is 1. The molecule has 1 aromatic heterocycles. The molecule has 5 nitrogen and oxygen atoms in total. The number of H-pyrrole nitrogens is 1. The van der Waals surface area contributed by atoms with E-state index in [4.69, 9.17) is 4.74 Å². The molecule has 27 heavy (non-hydrogen) atoms. The molecule has 1 aliphatic rings. The molecule has 1 saturated heterocycles. The van der Waals surface area contributed by atoms with Gasteiger partial charge in [0.05, 0.1) is 6.61 Å². The second-order valence-electron chi connectivity index (χ2n) is 7.31. The molecule has 1 aliphatic heterocycles. The fourth-order valence-electron chi connectivity index (χ4n) is 3.32. The third-order valence-electron chi connectivity index (χ3n) is 4.90. The SMILES string of the molecule is CC(C)c1ccc(C(=O)N2CCC[C@H](COc3ccccc3F)C2)c(=O)[nH]1. The zero-order valence-electron chi connectivity index (χ0n) is 15.7. The molecule has 1 N–H and O–H groups in total. The molecule has 2 aromatic rings. The first-order valence-electron chi connectivity index (χ1n) is 9.35. The Kier molecular flexibility index (Phi) is 5.94. The smallest absolute Gasteiger partial charge is 0.261 e. The summed E-state index contributed by atoms with van der Waals surface area (Å²) in [4.78, 5) is 29.6. The van der Waals surface area contributed by atoms with E-state index in [-0.39, 0.29) is 34.6 Å². The fourth-order valence-corrected chi connectivity index (χ4v) is 3.32. The number of benzene rings is 1. The standard InChI is InChI=1S/C21H25FN2O3/c1-14(2)18-10-9-16(20(25)23-18)21(26)24-11-5-6-15(12-24)13-27-19-8-4-3-7-17(19)22/h3-4,7-10,14-15H,5-6,11-13H2,1-2H3,(H,23,25)/t15-/m0/s1. The number of halogens is 1. The van der Waals surface area contributed by atoms with Crippen molar-refractivity contribution in [2.75, 3.05) is 19.7 Å². The van der Waals surface area contributed by atoms with Crippen LogP contribution >= 0.6 is 0 Å². The summed E-state index contributed by atoms with van der Waals surface area (Å²) < 4.78 is 19.3. The molecule has 0 saturated carbocycles. The monoisotopic (exact) mass is 372 g/mol. The van der Waals surface area contributed by atoms with E-state index < -0.39 is 5.82 Å². The van der Waals surface area contributed by atoms with Crippen molar-refractivity contribution in [2.45, 2.75) is 32.6 Å². The maximum absolute atomic E-state index is 13.7. The lowest BCUT2D eigenvalue weighted by Crippen LogP contribution is -2.43. The van der Waals surface area contributed by atoms with Crippen LogP contribution in [0, 0.1) is 11.7 Å². The lowest BCUT2D eigenvalue weighted by Gasteiger charge is -2.32. The lowest BCUT2D eigenvalue weighted by molar-refractivity contribution is 0.0629. The van der Waals surface area contributed by atoms with Gasteiger partial charge in [-0.05, 0) is 43.0 Å². The Morgan fingerprint density at radius 1 is 1.30 bits per heavy atom. The molecule has 1 aromatic carbocycles. The maximum Gasteiger partial charge on any atom is 0.261 e. The molecule has 0 unspecified atom stereocenters. The number of carbonyl (C=O) groups excluding carboxylic acids is 1. The van der Waals surface area contributed by atoms with Crippen molar-refractivity contribution in [3.05, 3.63) is 63.8 Å².